The van der Waals surface area contributed by atoms with Crippen LogP contribution in [0.2, 0.25) is 0 Å². The molecular weight excluding hydrogens is 426 g/mol. The maximum Gasteiger partial charge on any atom is 0.300 e. The number of pyridine rings is 1. The van der Waals surface area contributed by atoms with E-state index < -0.39 is 17.7 Å². The van der Waals surface area contributed by atoms with E-state index in [-0.39, 0.29) is 11.3 Å². The van der Waals surface area contributed by atoms with Gasteiger partial charge in [-0.3, -0.25) is 19.5 Å². The molecule has 3 aromatic carbocycles. The lowest BCUT2D eigenvalue weighted by Gasteiger charge is -2.25. The number of hydrogen-bond donors (Lipinski definition) is 1. The Labute approximate surface area is 197 Å². The van der Waals surface area contributed by atoms with Crippen molar-refractivity contribution in [1.82, 2.24) is 4.98 Å². The number of anilines is 2. The van der Waals surface area contributed by atoms with Crippen molar-refractivity contribution in [3.63, 3.8) is 0 Å². The number of rotatable bonds is 4. The van der Waals surface area contributed by atoms with Crippen LogP contribution >= 0.6 is 0 Å². The third kappa shape index (κ3) is 3.49. The number of carbonyl (C=O) groups excluding carboxylic acids is 2. The van der Waals surface area contributed by atoms with Crippen molar-refractivity contribution in [3.8, 4) is 0 Å². The summed E-state index contributed by atoms with van der Waals surface area (Å²) in [6.07, 6.45) is 1.61. The Morgan fingerprint density at radius 2 is 1.59 bits per heavy atom. The van der Waals surface area contributed by atoms with E-state index in [1.807, 2.05) is 67.5 Å². The molecule has 0 saturated carbocycles. The van der Waals surface area contributed by atoms with Gasteiger partial charge in [0, 0.05) is 37.2 Å². The van der Waals surface area contributed by atoms with Gasteiger partial charge in [0.05, 0.1) is 11.3 Å². The molecule has 1 aliphatic heterocycles. The van der Waals surface area contributed by atoms with Crippen molar-refractivity contribution in [1.29, 1.82) is 0 Å². The van der Waals surface area contributed by atoms with Gasteiger partial charge in [-0.25, -0.2) is 0 Å². The van der Waals surface area contributed by atoms with E-state index in [9.17, 15) is 14.7 Å². The number of Topliss-reactive ketones (excluding diaryl/α,β-unsaturated/α-hetero) is 1. The first-order valence-electron chi connectivity index (χ1n) is 10.9. The second kappa shape index (κ2) is 8.48. The predicted octanol–water partition coefficient (Wildman–Crippen LogP) is 4.93. The number of amides is 1. The standard InChI is InChI=1S/C28H23N3O3/c1-30(2)19-13-15-20(16-14-19)31-25(23-12-5-6-17-29-23)24(27(33)28(31)34)26(32)22-11-7-9-18-8-3-4-10-21(18)22/h3-17,25,32H,1-2H3/b26-24-. The van der Waals surface area contributed by atoms with Crippen LogP contribution in [-0.4, -0.2) is 35.9 Å². The fourth-order valence-electron chi connectivity index (χ4n) is 4.40. The maximum absolute atomic E-state index is 13.4. The highest BCUT2D eigenvalue weighted by Crippen LogP contribution is 2.42. The topological polar surface area (TPSA) is 73.7 Å². The molecule has 1 aliphatic rings. The first kappa shape index (κ1) is 21.4. The summed E-state index contributed by atoms with van der Waals surface area (Å²) in [5.74, 6) is -1.65. The van der Waals surface area contributed by atoms with Crippen LogP contribution in [0.3, 0.4) is 0 Å². The highest BCUT2D eigenvalue weighted by atomic mass is 16.3. The van der Waals surface area contributed by atoms with Crippen LogP contribution in [0.5, 0.6) is 0 Å². The minimum Gasteiger partial charge on any atom is -0.507 e. The van der Waals surface area contributed by atoms with E-state index in [1.54, 1.807) is 42.6 Å². The van der Waals surface area contributed by atoms with E-state index in [0.717, 1.165) is 16.5 Å². The number of benzene rings is 3. The molecule has 1 atom stereocenters. The molecule has 0 spiro atoms. The first-order valence-corrected chi connectivity index (χ1v) is 10.9. The number of fused-ring (bicyclic) bond motifs is 1. The molecule has 1 amide bonds. The summed E-state index contributed by atoms with van der Waals surface area (Å²) in [5, 5.41) is 13.2. The summed E-state index contributed by atoms with van der Waals surface area (Å²) < 4.78 is 0. The Balaban J connectivity index is 1.73. The highest BCUT2D eigenvalue weighted by Gasteiger charge is 2.47. The van der Waals surface area contributed by atoms with Crippen LogP contribution < -0.4 is 9.80 Å². The molecule has 34 heavy (non-hydrogen) atoms. The van der Waals surface area contributed by atoms with Gasteiger partial charge < -0.3 is 10.0 Å². The van der Waals surface area contributed by atoms with E-state index >= 15 is 0 Å². The zero-order valence-electron chi connectivity index (χ0n) is 18.8. The average Bonchev–Trinajstić information content (AvgIpc) is 3.14. The number of ketones is 1. The molecule has 4 aromatic rings. The van der Waals surface area contributed by atoms with Crippen molar-refractivity contribution in [2.45, 2.75) is 6.04 Å². The lowest BCUT2D eigenvalue weighted by atomic mass is 9.95. The number of aliphatic hydroxyl groups excluding tert-OH is 1. The average molecular weight is 450 g/mol. The molecule has 0 aliphatic carbocycles. The van der Waals surface area contributed by atoms with Crippen LogP contribution in [0.4, 0.5) is 11.4 Å². The lowest BCUT2D eigenvalue weighted by molar-refractivity contribution is -0.132. The minimum absolute atomic E-state index is 0.0248. The molecule has 6 nitrogen and oxygen atoms in total. The van der Waals surface area contributed by atoms with Crippen LogP contribution in [-0.2, 0) is 9.59 Å². The van der Waals surface area contributed by atoms with Gasteiger partial charge >= 0.3 is 0 Å². The molecule has 2 heterocycles. The Bertz CT molecular complexity index is 1420. The largest absolute Gasteiger partial charge is 0.507 e. The van der Waals surface area contributed by atoms with E-state index in [0.29, 0.717) is 16.9 Å². The number of carbonyl (C=O) groups is 2. The van der Waals surface area contributed by atoms with Crippen molar-refractivity contribution < 1.29 is 14.7 Å². The van der Waals surface area contributed by atoms with Gasteiger partial charge in [0.1, 0.15) is 11.8 Å². The van der Waals surface area contributed by atoms with Gasteiger partial charge in [0.15, 0.2) is 0 Å². The fraction of sp³-hybridized carbons (Fsp3) is 0.107. The molecule has 0 radical (unpaired) electrons. The quantitative estimate of drug-likeness (QED) is 0.272. The van der Waals surface area contributed by atoms with Gasteiger partial charge in [-0.2, -0.15) is 0 Å². The van der Waals surface area contributed by atoms with Crippen molar-refractivity contribution in [3.05, 3.63) is 108 Å². The summed E-state index contributed by atoms with van der Waals surface area (Å²) >= 11 is 0. The lowest BCUT2D eigenvalue weighted by Crippen LogP contribution is -2.29. The molecule has 0 bridgehead atoms. The van der Waals surface area contributed by atoms with Crippen molar-refractivity contribution in [2.24, 2.45) is 0 Å². The van der Waals surface area contributed by atoms with Crippen LogP contribution in [0, 0.1) is 0 Å². The zero-order chi connectivity index (χ0) is 23.8. The first-order chi connectivity index (χ1) is 16.5. The molecule has 1 unspecified atom stereocenters. The Hall–Kier alpha value is -4.45. The zero-order valence-corrected chi connectivity index (χ0v) is 18.8. The van der Waals surface area contributed by atoms with Gasteiger partial charge in [-0.1, -0.05) is 48.5 Å². The fourth-order valence-corrected chi connectivity index (χ4v) is 4.40. The summed E-state index contributed by atoms with van der Waals surface area (Å²) in [4.78, 5) is 34.5. The Morgan fingerprint density at radius 3 is 2.29 bits per heavy atom. The van der Waals surface area contributed by atoms with Crippen LogP contribution in [0.15, 0.2) is 96.7 Å². The van der Waals surface area contributed by atoms with Crippen molar-refractivity contribution in [2.75, 3.05) is 23.9 Å². The third-order valence-electron chi connectivity index (χ3n) is 6.10. The van der Waals surface area contributed by atoms with E-state index in [1.165, 1.54) is 4.90 Å². The minimum atomic E-state index is -0.856. The SMILES string of the molecule is CN(C)c1ccc(N2C(=O)C(=O)/C(=C(\O)c3cccc4ccccc34)C2c2ccccn2)cc1. The third-order valence-corrected chi connectivity index (χ3v) is 6.10. The summed E-state index contributed by atoms with van der Waals surface area (Å²) in [7, 11) is 3.86. The monoisotopic (exact) mass is 449 g/mol. The summed E-state index contributed by atoms with van der Waals surface area (Å²) in [6.45, 7) is 0. The Kier molecular flexibility index (Phi) is 5.34. The highest BCUT2D eigenvalue weighted by molar-refractivity contribution is 6.51. The Morgan fingerprint density at radius 1 is 0.882 bits per heavy atom. The molecule has 1 N–H and O–H groups in total. The second-order valence-corrected chi connectivity index (χ2v) is 8.36. The summed E-state index contributed by atoms with van der Waals surface area (Å²) in [6, 6.07) is 25.0. The second-order valence-electron chi connectivity index (χ2n) is 8.36. The van der Waals surface area contributed by atoms with Crippen LogP contribution in [0.1, 0.15) is 17.3 Å². The van der Waals surface area contributed by atoms with Gasteiger partial charge in [-0.05, 0) is 47.2 Å². The summed E-state index contributed by atoms with van der Waals surface area (Å²) in [5.41, 5.74) is 2.54. The molecule has 5 rings (SSSR count). The smallest absolute Gasteiger partial charge is 0.300 e. The molecule has 1 aromatic heterocycles. The molecule has 1 fully saturated rings. The van der Waals surface area contributed by atoms with E-state index in [4.69, 9.17) is 0 Å². The number of aliphatic hydroxyl groups is 1. The maximum atomic E-state index is 13.4. The number of nitrogens with zero attached hydrogens (tertiary/aromatic N) is 3. The van der Waals surface area contributed by atoms with E-state index in [2.05, 4.69) is 4.98 Å². The molecule has 6 heteroatoms. The van der Waals surface area contributed by atoms with Crippen LogP contribution in [0.25, 0.3) is 16.5 Å². The predicted molar refractivity (Wildman–Crippen MR) is 134 cm³/mol. The normalized spacial score (nSPS) is 17.4. The number of hydrogen-bond acceptors (Lipinski definition) is 5. The van der Waals surface area contributed by atoms with Gasteiger partial charge in [-0.15, -0.1) is 0 Å². The molecule has 1 saturated heterocycles. The molecule has 168 valence electrons. The molecular formula is C28H23N3O3. The number of aromatic nitrogens is 1. The van der Waals surface area contributed by atoms with Gasteiger partial charge in [0.2, 0.25) is 0 Å². The van der Waals surface area contributed by atoms with Crippen molar-refractivity contribution >= 4 is 39.6 Å². The van der Waals surface area contributed by atoms with Gasteiger partial charge in [0.25, 0.3) is 11.7 Å².